The third-order valence-electron chi connectivity index (χ3n) is 11.5. The summed E-state index contributed by atoms with van der Waals surface area (Å²) in [5.74, 6) is 4.84. The Labute approximate surface area is 312 Å². The number of ether oxygens (including phenoxy) is 1. The van der Waals surface area contributed by atoms with Crippen LogP contribution in [0.3, 0.4) is 0 Å². The van der Waals surface area contributed by atoms with Gasteiger partial charge >= 0.3 is 0 Å². The van der Waals surface area contributed by atoms with Crippen molar-refractivity contribution in [3.63, 3.8) is 0 Å². The van der Waals surface area contributed by atoms with Crippen molar-refractivity contribution in [3.8, 4) is 28.5 Å². The Hall–Kier alpha value is -4.92. The van der Waals surface area contributed by atoms with Gasteiger partial charge in [0.25, 0.3) is 0 Å². The number of halogens is 2. The van der Waals surface area contributed by atoms with E-state index in [1.54, 1.807) is 6.26 Å². The molecule has 4 heterocycles. The third kappa shape index (κ3) is 5.42. The fraction of sp³-hybridized carbons (Fsp3) is 0.286. The van der Waals surface area contributed by atoms with Crippen molar-refractivity contribution in [1.29, 1.82) is 0 Å². The molecule has 0 bridgehead atoms. The molecule has 1 aliphatic heterocycles. The average Bonchev–Trinajstić information content (AvgIpc) is 3.93. The lowest BCUT2D eigenvalue weighted by Crippen LogP contribution is -2.38. The van der Waals surface area contributed by atoms with Crippen LogP contribution >= 0.6 is 23.2 Å². The highest BCUT2D eigenvalue weighted by Crippen LogP contribution is 2.50. The second-order valence-corrected chi connectivity index (χ2v) is 15.2. The van der Waals surface area contributed by atoms with E-state index >= 15 is 0 Å². The van der Waals surface area contributed by atoms with Crippen molar-refractivity contribution in [1.82, 2.24) is 29.5 Å². The molecule has 10 rings (SSSR count). The van der Waals surface area contributed by atoms with E-state index in [9.17, 15) is 0 Å². The molecular weight excluding hydrogens is 691 g/mol. The van der Waals surface area contributed by atoms with Crippen molar-refractivity contribution >= 4 is 34.2 Å². The summed E-state index contributed by atoms with van der Waals surface area (Å²) in [6, 6.07) is 30.7. The molecule has 2 fully saturated rings. The summed E-state index contributed by atoms with van der Waals surface area (Å²) in [5, 5.41) is 20.9. The third-order valence-corrected chi connectivity index (χ3v) is 12.0. The molecule has 2 aliphatic carbocycles. The number of fused-ring (bicyclic) bond motifs is 2. The zero-order chi connectivity index (χ0) is 35.5. The number of benzene rings is 4. The second-order valence-electron chi connectivity index (χ2n) is 14.3. The average molecular weight is 730 g/mol. The second kappa shape index (κ2) is 12.9. The summed E-state index contributed by atoms with van der Waals surface area (Å²) in [6.07, 6.45) is 9.44. The molecule has 0 radical (unpaired) electrons. The van der Waals surface area contributed by atoms with Gasteiger partial charge in [-0.3, -0.25) is 0 Å². The monoisotopic (exact) mass is 728 g/mol. The lowest BCUT2D eigenvalue weighted by atomic mass is 9.64. The lowest BCUT2D eigenvalue weighted by Gasteiger charge is -2.41. The Kier molecular flexibility index (Phi) is 8.20. The van der Waals surface area contributed by atoms with Gasteiger partial charge in [0.2, 0.25) is 0 Å². The molecule has 0 atom stereocenters. The first-order valence-corrected chi connectivity index (χ1v) is 18.7. The van der Waals surface area contributed by atoms with Crippen LogP contribution in [0.2, 0.25) is 10.0 Å². The van der Waals surface area contributed by atoms with Crippen LogP contribution in [0.4, 0.5) is 0 Å². The van der Waals surface area contributed by atoms with E-state index in [0.29, 0.717) is 0 Å². The fourth-order valence-corrected chi connectivity index (χ4v) is 8.56. The zero-order valence-corrected chi connectivity index (χ0v) is 30.7. The molecule has 10 heteroatoms. The highest BCUT2D eigenvalue weighted by Gasteiger charge is 2.45. The van der Waals surface area contributed by atoms with Gasteiger partial charge in [-0.1, -0.05) is 60.3 Å². The van der Waals surface area contributed by atoms with E-state index in [-0.39, 0.29) is 10.8 Å². The van der Waals surface area contributed by atoms with Crippen molar-refractivity contribution < 1.29 is 9.15 Å². The molecule has 7 aromatic rings. The summed E-state index contributed by atoms with van der Waals surface area (Å²) in [6.45, 7) is 0.766. The largest absolute Gasteiger partial charge is 0.493 e. The van der Waals surface area contributed by atoms with E-state index in [1.807, 2.05) is 48.5 Å². The van der Waals surface area contributed by atoms with Gasteiger partial charge in [-0.2, -0.15) is 0 Å². The maximum absolute atomic E-state index is 6.09. The topological polar surface area (TPSA) is 83.8 Å². The van der Waals surface area contributed by atoms with Gasteiger partial charge in [-0.05, 0) is 109 Å². The van der Waals surface area contributed by atoms with Crippen LogP contribution in [0, 0.1) is 0 Å². The maximum Gasteiger partial charge on any atom is 0.163 e. The first-order valence-electron chi connectivity index (χ1n) is 17.9. The van der Waals surface area contributed by atoms with E-state index in [4.69, 9.17) is 32.4 Å². The van der Waals surface area contributed by atoms with Crippen molar-refractivity contribution in [3.05, 3.63) is 136 Å². The fourth-order valence-electron chi connectivity index (χ4n) is 8.31. The van der Waals surface area contributed by atoms with Crippen molar-refractivity contribution in [2.45, 2.75) is 55.8 Å². The molecule has 3 aromatic heterocycles. The van der Waals surface area contributed by atoms with Crippen molar-refractivity contribution in [2.75, 3.05) is 6.61 Å². The predicted octanol–water partition coefficient (Wildman–Crippen LogP) is 9.89. The first kappa shape index (κ1) is 33.0. The number of rotatable bonds is 6. The summed E-state index contributed by atoms with van der Waals surface area (Å²) in [4.78, 5) is 0. The van der Waals surface area contributed by atoms with Crippen LogP contribution in [0.1, 0.15) is 66.9 Å². The van der Waals surface area contributed by atoms with Crippen LogP contribution in [0.15, 0.2) is 102 Å². The molecule has 0 unspecified atom stereocenters. The SMILES string of the molecule is Cn1c(-c2ccc3c(c2)CCO3)nnc1C1(c2ccc(Cl)cc2)CCC1.Cn1c(-c2ccc3occc3c2)nnc1C1(c2ccc(Cl)cc2)CCC1. The molecular formula is C42H38Cl2N6O2. The van der Waals surface area contributed by atoms with E-state index in [2.05, 4.69) is 86.1 Å². The Bertz CT molecular complexity index is 2400. The van der Waals surface area contributed by atoms with Crippen molar-refractivity contribution in [2.24, 2.45) is 14.1 Å². The molecule has 0 amide bonds. The first-order chi connectivity index (χ1) is 25.3. The number of furan rings is 1. The Morgan fingerprint density at radius 2 is 1.15 bits per heavy atom. The standard InChI is InChI=1S/C21H20ClN3O.C21H18ClN3O/c2*1-25-19(15-3-8-18-14(13-15)9-12-26-18)23-24-20(25)21(10-2-11-21)16-4-6-17(22)7-5-16/h3-8,13H,2,9-12H2,1H3;3-9,12-13H,2,10-11H2,1H3. The molecule has 3 aliphatic rings. The Morgan fingerprint density at radius 1 is 0.615 bits per heavy atom. The van der Waals surface area contributed by atoms with Crippen LogP contribution in [0.25, 0.3) is 33.7 Å². The maximum atomic E-state index is 6.09. The molecule has 2 saturated carbocycles. The number of aromatic nitrogens is 6. The molecule has 0 N–H and O–H groups in total. The van der Waals surface area contributed by atoms with Gasteiger partial charge in [0.1, 0.15) is 23.0 Å². The van der Waals surface area contributed by atoms with E-state index < -0.39 is 0 Å². The minimum atomic E-state index is -0.0651. The Balaban J connectivity index is 0.000000138. The zero-order valence-electron chi connectivity index (χ0n) is 29.2. The molecule has 52 heavy (non-hydrogen) atoms. The summed E-state index contributed by atoms with van der Waals surface area (Å²) < 4.78 is 15.4. The normalized spacial score (nSPS) is 16.7. The lowest BCUT2D eigenvalue weighted by molar-refractivity contribution is 0.278. The molecule has 4 aromatic carbocycles. The quantitative estimate of drug-likeness (QED) is 0.170. The van der Waals surface area contributed by atoms with E-state index in [0.717, 1.165) is 99.9 Å². The van der Waals surface area contributed by atoms with Crippen LogP contribution in [-0.2, 0) is 31.3 Å². The highest BCUT2D eigenvalue weighted by atomic mass is 35.5. The number of hydrogen-bond donors (Lipinski definition) is 0. The van der Waals surface area contributed by atoms with Gasteiger partial charge < -0.3 is 18.3 Å². The molecule has 8 nitrogen and oxygen atoms in total. The Morgan fingerprint density at radius 3 is 1.69 bits per heavy atom. The smallest absolute Gasteiger partial charge is 0.163 e. The van der Waals surface area contributed by atoms with Gasteiger partial charge in [0.15, 0.2) is 11.6 Å². The molecule has 0 spiro atoms. The summed E-state index contributed by atoms with van der Waals surface area (Å²) in [7, 11) is 4.13. The number of nitrogens with zero attached hydrogens (tertiary/aromatic N) is 6. The predicted molar refractivity (Wildman–Crippen MR) is 204 cm³/mol. The van der Waals surface area contributed by atoms with Gasteiger partial charge in [-0.15, -0.1) is 20.4 Å². The number of hydrogen-bond acceptors (Lipinski definition) is 6. The van der Waals surface area contributed by atoms with Crippen LogP contribution in [0.5, 0.6) is 5.75 Å². The molecule has 262 valence electrons. The molecule has 0 saturated heterocycles. The minimum Gasteiger partial charge on any atom is -0.493 e. The highest BCUT2D eigenvalue weighted by molar-refractivity contribution is 6.30. The minimum absolute atomic E-state index is 0.0512. The summed E-state index contributed by atoms with van der Waals surface area (Å²) in [5.41, 5.74) is 6.70. The van der Waals surface area contributed by atoms with Gasteiger partial charge in [0.05, 0.1) is 23.7 Å². The van der Waals surface area contributed by atoms with Crippen LogP contribution < -0.4 is 4.74 Å². The van der Waals surface area contributed by atoms with Gasteiger partial charge in [-0.25, -0.2) is 0 Å². The summed E-state index contributed by atoms with van der Waals surface area (Å²) >= 11 is 12.2. The van der Waals surface area contributed by atoms with Crippen LogP contribution in [-0.4, -0.2) is 36.1 Å². The van der Waals surface area contributed by atoms with Gasteiger partial charge in [0, 0.05) is 47.1 Å². The van der Waals surface area contributed by atoms with E-state index in [1.165, 1.54) is 29.5 Å².